The quantitative estimate of drug-likeness (QED) is 0.154. The van der Waals surface area contributed by atoms with Crippen LogP contribution in [0.2, 0.25) is 0 Å². The molecule has 286 valence electrons. The molecule has 3 aromatic heterocycles. The molecule has 0 bridgehead atoms. The van der Waals surface area contributed by atoms with Crippen LogP contribution >= 0.6 is 0 Å². The average Bonchev–Trinajstić information content (AvgIpc) is 3.76. The fourth-order valence-corrected chi connectivity index (χ4v) is 8.33. The lowest BCUT2D eigenvalue weighted by Crippen LogP contribution is -2.00. The van der Waals surface area contributed by atoms with E-state index in [0.717, 1.165) is 83.5 Å². The van der Waals surface area contributed by atoms with Crippen molar-refractivity contribution in [1.82, 2.24) is 24.6 Å². The van der Waals surface area contributed by atoms with Crippen LogP contribution in [0.4, 0.5) is 0 Å². The van der Waals surface area contributed by atoms with E-state index in [4.69, 9.17) is 20.1 Å². The summed E-state index contributed by atoms with van der Waals surface area (Å²) in [6.45, 7) is 0. The molecule has 0 aliphatic carbocycles. The van der Waals surface area contributed by atoms with Gasteiger partial charge in [-0.1, -0.05) is 212 Å². The molecule has 0 N–H and O–H groups in total. The molecule has 3 heterocycles. The van der Waals surface area contributed by atoms with Gasteiger partial charge in [0.05, 0.1) is 11.2 Å². The molecule has 0 saturated heterocycles. The number of aromatic nitrogens is 5. The van der Waals surface area contributed by atoms with E-state index in [1.807, 2.05) is 60.7 Å². The van der Waals surface area contributed by atoms with Gasteiger partial charge < -0.3 is 0 Å². The van der Waals surface area contributed by atoms with E-state index >= 15 is 0 Å². The van der Waals surface area contributed by atoms with E-state index in [-0.39, 0.29) is 0 Å². The number of hydrogen-bond donors (Lipinski definition) is 0. The summed E-state index contributed by atoms with van der Waals surface area (Å²) in [5, 5.41) is 7.72. The minimum atomic E-state index is 0.632. The van der Waals surface area contributed by atoms with E-state index in [1.54, 1.807) is 0 Å². The molecule has 5 nitrogen and oxygen atoms in total. The summed E-state index contributed by atoms with van der Waals surface area (Å²) in [5.74, 6) is 1.92. The smallest absolute Gasteiger partial charge is 0.164 e. The van der Waals surface area contributed by atoms with E-state index < -0.39 is 0 Å². The SMILES string of the molecule is c1ccc(-c2nc(-c3ccccc3)nc(-c3cccc(-c4ccc(-c5cccc6c5cc(-c5ccccc5)n5nc(-c7ccccc7)c(-c7ccccc7)c65)cc4)c3)n2)cc1. The third-order valence-electron chi connectivity index (χ3n) is 11.3. The van der Waals surface area contributed by atoms with Gasteiger partial charge in [-0.2, -0.15) is 5.10 Å². The minimum absolute atomic E-state index is 0.632. The summed E-state index contributed by atoms with van der Waals surface area (Å²) in [6.07, 6.45) is 0. The fraction of sp³-hybridized carbons (Fsp3) is 0. The molecule has 61 heavy (non-hydrogen) atoms. The van der Waals surface area contributed by atoms with Gasteiger partial charge in [-0.15, -0.1) is 0 Å². The number of hydrogen-bond acceptors (Lipinski definition) is 4. The molecule has 0 aliphatic heterocycles. The van der Waals surface area contributed by atoms with Gasteiger partial charge in [0.1, 0.15) is 5.69 Å². The van der Waals surface area contributed by atoms with Gasteiger partial charge in [-0.3, -0.25) is 0 Å². The first-order valence-corrected chi connectivity index (χ1v) is 20.5. The van der Waals surface area contributed by atoms with Crippen LogP contribution in [0, 0.1) is 0 Å². The molecular weight excluding hydrogens is 743 g/mol. The van der Waals surface area contributed by atoms with Crippen molar-refractivity contribution in [3.63, 3.8) is 0 Å². The number of fused-ring (bicyclic) bond motifs is 3. The van der Waals surface area contributed by atoms with E-state index in [1.165, 1.54) is 5.39 Å². The zero-order valence-corrected chi connectivity index (χ0v) is 33.1. The van der Waals surface area contributed by atoms with Gasteiger partial charge in [0.15, 0.2) is 17.5 Å². The number of nitrogens with zero attached hydrogens (tertiary/aromatic N) is 5. The lowest BCUT2D eigenvalue weighted by Gasteiger charge is -2.14. The van der Waals surface area contributed by atoms with Crippen LogP contribution in [-0.4, -0.2) is 24.6 Å². The van der Waals surface area contributed by atoms with Crippen molar-refractivity contribution in [2.45, 2.75) is 0 Å². The first-order chi connectivity index (χ1) is 30.2. The molecule has 11 aromatic rings. The van der Waals surface area contributed by atoms with E-state index in [9.17, 15) is 0 Å². The van der Waals surface area contributed by atoms with Gasteiger partial charge in [-0.25, -0.2) is 19.5 Å². The molecule has 0 amide bonds. The van der Waals surface area contributed by atoms with Gasteiger partial charge in [0, 0.05) is 38.8 Å². The van der Waals surface area contributed by atoms with Crippen LogP contribution in [0.3, 0.4) is 0 Å². The molecule has 0 unspecified atom stereocenters. The van der Waals surface area contributed by atoms with Gasteiger partial charge in [-0.05, 0) is 45.3 Å². The Bertz CT molecular complexity index is 3250. The highest BCUT2D eigenvalue weighted by Crippen LogP contribution is 2.43. The maximum absolute atomic E-state index is 5.41. The van der Waals surface area contributed by atoms with Crippen molar-refractivity contribution < 1.29 is 0 Å². The summed E-state index contributed by atoms with van der Waals surface area (Å²) < 4.78 is 2.15. The van der Waals surface area contributed by atoms with Crippen LogP contribution in [0.15, 0.2) is 224 Å². The van der Waals surface area contributed by atoms with Gasteiger partial charge in [0.2, 0.25) is 0 Å². The van der Waals surface area contributed by atoms with Crippen LogP contribution in [0.1, 0.15) is 0 Å². The first-order valence-electron chi connectivity index (χ1n) is 20.5. The highest BCUT2D eigenvalue weighted by Gasteiger charge is 2.22. The van der Waals surface area contributed by atoms with Crippen molar-refractivity contribution in [3.8, 4) is 90.1 Å². The maximum atomic E-state index is 5.41. The molecule has 8 aromatic carbocycles. The van der Waals surface area contributed by atoms with E-state index in [0.29, 0.717) is 17.5 Å². The van der Waals surface area contributed by atoms with Crippen molar-refractivity contribution in [1.29, 1.82) is 0 Å². The Morgan fingerprint density at radius 1 is 0.295 bits per heavy atom. The molecule has 0 fully saturated rings. The van der Waals surface area contributed by atoms with Gasteiger partial charge >= 0.3 is 0 Å². The predicted octanol–water partition coefficient (Wildman–Crippen LogP) is 14.0. The standard InChI is InChI=1S/C56H37N5/c1-6-18-40(19-7-1)50-37-49-47(30-17-31-48(49)53-51(41-20-8-2-9-21-41)52(60-61(50)53)42-22-10-3-11-23-42)39-34-32-38(33-35-39)45-28-16-29-46(36-45)56-58-54(43-24-12-4-13-25-43)57-55(59-56)44-26-14-5-15-27-44/h1-37H. The molecule has 0 saturated carbocycles. The Balaban J connectivity index is 1.04. The number of benzene rings is 8. The van der Waals surface area contributed by atoms with Crippen LogP contribution in [0.5, 0.6) is 0 Å². The fourth-order valence-electron chi connectivity index (χ4n) is 8.33. The maximum Gasteiger partial charge on any atom is 0.164 e. The Hall–Kier alpha value is -8.28. The lowest BCUT2D eigenvalue weighted by molar-refractivity contribution is 0.979. The molecule has 5 heteroatoms. The molecule has 0 radical (unpaired) electrons. The topological polar surface area (TPSA) is 56.0 Å². The summed E-state index contributed by atoms with van der Waals surface area (Å²) in [4.78, 5) is 14.9. The highest BCUT2D eigenvalue weighted by atomic mass is 15.2. The van der Waals surface area contributed by atoms with Gasteiger partial charge in [0.25, 0.3) is 0 Å². The van der Waals surface area contributed by atoms with E-state index in [2.05, 4.69) is 168 Å². The van der Waals surface area contributed by atoms with Crippen molar-refractivity contribution in [2.75, 3.05) is 0 Å². The predicted molar refractivity (Wildman–Crippen MR) is 250 cm³/mol. The third-order valence-corrected chi connectivity index (χ3v) is 11.3. The Morgan fingerprint density at radius 2 is 0.754 bits per heavy atom. The zero-order valence-electron chi connectivity index (χ0n) is 33.1. The minimum Gasteiger partial charge on any atom is -0.231 e. The highest BCUT2D eigenvalue weighted by molar-refractivity contribution is 6.12. The van der Waals surface area contributed by atoms with Crippen LogP contribution in [-0.2, 0) is 0 Å². The second-order valence-electron chi connectivity index (χ2n) is 15.1. The van der Waals surface area contributed by atoms with Crippen molar-refractivity contribution >= 4 is 16.3 Å². The second-order valence-corrected chi connectivity index (χ2v) is 15.1. The third kappa shape index (κ3) is 6.74. The summed E-state index contributed by atoms with van der Waals surface area (Å²) in [7, 11) is 0. The Kier molecular flexibility index (Phi) is 9.10. The average molecular weight is 780 g/mol. The Morgan fingerprint density at radius 3 is 1.34 bits per heavy atom. The first kappa shape index (κ1) is 35.8. The summed E-state index contributed by atoms with van der Waals surface area (Å²) in [5.41, 5.74) is 14.8. The zero-order chi connectivity index (χ0) is 40.5. The number of rotatable bonds is 8. The summed E-state index contributed by atoms with van der Waals surface area (Å²) in [6, 6.07) is 78.2. The number of pyridine rings is 1. The largest absolute Gasteiger partial charge is 0.231 e. The second kappa shape index (κ2) is 15.5. The lowest BCUT2D eigenvalue weighted by atomic mass is 9.92. The molecule has 11 rings (SSSR count). The van der Waals surface area contributed by atoms with Crippen molar-refractivity contribution in [3.05, 3.63) is 224 Å². The normalized spacial score (nSPS) is 11.3. The molecule has 0 atom stereocenters. The van der Waals surface area contributed by atoms with Crippen molar-refractivity contribution in [2.24, 2.45) is 0 Å². The molecule has 0 aliphatic rings. The summed E-state index contributed by atoms with van der Waals surface area (Å²) >= 11 is 0. The van der Waals surface area contributed by atoms with Crippen LogP contribution < -0.4 is 0 Å². The Labute approximate surface area is 354 Å². The molecular formula is C56H37N5. The monoisotopic (exact) mass is 779 g/mol. The van der Waals surface area contributed by atoms with Crippen LogP contribution in [0.25, 0.3) is 106 Å². The molecule has 0 spiro atoms.